The fraction of sp³-hybridized carbons (Fsp3) is 0.700. The van der Waals surface area contributed by atoms with Gasteiger partial charge in [0.2, 0.25) is 0 Å². The lowest BCUT2D eigenvalue weighted by atomic mass is 9.59. The quantitative estimate of drug-likeness (QED) is 0.883. The molecule has 2 fully saturated rings. The van der Waals surface area contributed by atoms with Gasteiger partial charge in [-0.2, -0.15) is 0 Å². The highest BCUT2D eigenvalue weighted by Crippen LogP contribution is 2.49. The van der Waals surface area contributed by atoms with Gasteiger partial charge in [-0.3, -0.25) is 0 Å². The van der Waals surface area contributed by atoms with Crippen LogP contribution in [0.25, 0.3) is 0 Å². The van der Waals surface area contributed by atoms with Crippen molar-refractivity contribution in [2.75, 3.05) is 19.6 Å². The third kappa shape index (κ3) is 4.09. The number of rotatable bonds is 5. The summed E-state index contributed by atoms with van der Waals surface area (Å²) in [4.78, 5) is 2.61. The van der Waals surface area contributed by atoms with E-state index >= 15 is 0 Å². The molecule has 2 aliphatic rings. The molecule has 1 aromatic rings. The Morgan fingerprint density at radius 1 is 1.17 bits per heavy atom. The lowest BCUT2D eigenvalue weighted by molar-refractivity contribution is 0.00383. The summed E-state index contributed by atoms with van der Waals surface area (Å²) < 4.78 is 15.7. The van der Waals surface area contributed by atoms with Crippen molar-refractivity contribution in [1.82, 2.24) is 9.62 Å². The average Bonchev–Trinajstić information content (AvgIpc) is 2.57. The van der Waals surface area contributed by atoms with Crippen molar-refractivity contribution in [2.24, 2.45) is 5.41 Å². The maximum absolute atomic E-state index is 12.4. The summed E-state index contributed by atoms with van der Waals surface area (Å²) in [5.74, 6) is 0. The van der Waals surface area contributed by atoms with E-state index in [2.05, 4.69) is 40.0 Å². The molecule has 0 radical (unpaired) electrons. The number of benzene rings is 1. The van der Waals surface area contributed by atoms with Crippen LogP contribution in [0.3, 0.4) is 0 Å². The average molecular weight is 349 g/mol. The normalized spacial score (nSPS) is 25.4. The van der Waals surface area contributed by atoms with Gasteiger partial charge in [0.25, 0.3) is 0 Å². The summed E-state index contributed by atoms with van der Waals surface area (Å²) in [7, 11) is -0.944. The Morgan fingerprint density at radius 3 is 2.38 bits per heavy atom. The number of piperidine rings is 1. The summed E-state index contributed by atoms with van der Waals surface area (Å²) in [5.41, 5.74) is 1.84. The number of likely N-dealkylation sites (tertiary alicyclic amines) is 1. The molecule has 1 aliphatic carbocycles. The molecule has 134 valence electrons. The van der Waals surface area contributed by atoms with E-state index in [0.29, 0.717) is 11.5 Å². The van der Waals surface area contributed by atoms with Crippen molar-refractivity contribution in [2.45, 2.75) is 63.7 Å². The van der Waals surface area contributed by atoms with Crippen LogP contribution in [0, 0.1) is 5.41 Å². The molecule has 3 rings (SSSR count). The zero-order chi connectivity index (χ0) is 17.2. The van der Waals surface area contributed by atoms with Crippen LogP contribution in [0.15, 0.2) is 30.3 Å². The Bertz CT molecular complexity index is 559. The van der Waals surface area contributed by atoms with Crippen LogP contribution in [0.5, 0.6) is 0 Å². The zero-order valence-corrected chi connectivity index (χ0v) is 16.2. The first-order chi connectivity index (χ1) is 11.4. The highest BCUT2D eigenvalue weighted by Gasteiger charge is 2.49. The van der Waals surface area contributed by atoms with Gasteiger partial charge < -0.3 is 4.90 Å². The fourth-order valence-corrected chi connectivity index (χ4v) is 4.92. The molecule has 4 heteroatoms. The molecule has 1 heterocycles. The first-order valence-electron chi connectivity index (χ1n) is 9.33. The third-order valence-corrected chi connectivity index (χ3v) is 7.50. The Balaban J connectivity index is 1.47. The molecule has 0 bridgehead atoms. The van der Waals surface area contributed by atoms with Crippen molar-refractivity contribution < 1.29 is 4.21 Å². The van der Waals surface area contributed by atoms with E-state index < -0.39 is 11.0 Å². The van der Waals surface area contributed by atoms with E-state index in [0.717, 1.165) is 13.0 Å². The first kappa shape index (κ1) is 18.1. The van der Waals surface area contributed by atoms with Gasteiger partial charge in [0.15, 0.2) is 0 Å². The molecule has 1 saturated heterocycles. The van der Waals surface area contributed by atoms with Crippen LogP contribution in [-0.2, 0) is 17.4 Å². The molecule has 1 N–H and O–H groups in total. The van der Waals surface area contributed by atoms with Gasteiger partial charge in [0, 0.05) is 12.6 Å². The molecule has 1 aliphatic heterocycles. The minimum absolute atomic E-state index is 0.173. The van der Waals surface area contributed by atoms with Gasteiger partial charge in [-0.05, 0) is 76.9 Å². The zero-order valence-electron chi connectivity index (χ0n) is 15.4. The lowest BCUT2D eigenvalue weighted by Crippen LogP contribution is -2.59. The van der Waals surface area contributed by atoms with E-state index in [1.165, 1.54) is 44.3 Å². The largest absolute Gasteiger partial charge is 0.303 e. The Kier molecular flexibility index (Phi) is 5.48. The Labute approximate surface area is 149 Å². The molecule has 3 nitrogen and oxygen atoms in total. The smallest absolute Gasteiger partial charge is 0.0972 e. The predicted molar refractivity (Wildman–Crippen MR) is 102 cm³/mol. The van der Waals surface area contributed by atoms with Gasteiger partial charge in [-0.15, -0.1) is 0 Å². The Hall–Kier alpha value is -0.710. The van der Waals surface area contributed by atoms with Crippen LogP contribution < -0.4 is 4.72 Å². The molecule has 1 spiro atoms. The van der Waals surface area contributed by atoms with Gasteiger partial charge in [-0.1, -0.05) is 30.3 Å². The monoisotopic (exact) mass is 348 g/mol. The second kappa shape index (κ2) is 7.27. The van der Waals surface area contributed by atoms with Gasteiger partial charge in [0.05, 0.1) is 15.7 Å². The van der Waals surface area contributed by atoms with E-state index in [-0.39, 0.29) is 4.75 Å². The molecule has 2 atom stereocenters. The van der Waals surface area contributed by atoms with Crippen molar-refractivity contribution in [1.29, 1.82) is 0 Å². The maximum Gasteiger partial charge on any atom is 0.0972 e. The van der Waals surface area contributed by atoms with Crippen LogP contribution >= 0.6 is 0 Å². The van der Waals surface area contributed by atoms with Crippen molar-refractivity contribution in [3.05, 3.63) is 35.9 Å². The predicted octanol–water partition coefficient (Wildman–Crippen LogP) is 3.53. The number of nitrogens with zero attached hydrogens (tertiary/aromatic N) is 1. The molecule has 24 heavy (non-hydrogen) atoms. The van der Waals surface area contributed by atoms with Crippen molar-refractivity contribution in [3.63, 3.8) is 0 Å². The van der Waals surface area contributed by atoms with Gasteiger partial charge in [-0.25, -0.2) is 8.93 Å². The summed E-state index contributed by atoms with van der Waals surface area (Å²) >= 11 is 0. The fourth-order valence-electron chi connectivity index (χ4n) is 3.94. The van der Waals surface area contributed by atoms with E-state index in [1.54, 1.807) is 0 Å². The second-order valence-electron chi connectivity index (χ2n) is 8.53. The number of nitrogens with one attached hydrogen (secondary N) is 1. The van der Waals surface area contributed by atoms with Crippen LogP contribution in [0.2, 0.25) is 0 Å². The standard InChI is InChI=1S/C20H32N2OS/c1-19(2,3)24(23)21-18-9-11-20(18)12-15-22(16-13-20)14-10-17-7-5-4-6-8-17/h4-8,18,21H,9-16H2,1-3H3/t18-,24?/m0/s1. The van der Waals surface area contributed by atoms with Crippen molar-refractivity contribution in [3.8, 4) is 0 Å². The molecular weight excluding hydrogens is 316 g/mol. The van der Waals surface area contributed by atoms with Crippen LogP contribution in [0.1, 0.15) is 52.0 Å². The van der Waals surface area contributed by atoms with Gasteiger partial charge in [0.1, 0.15) is 0 Å². The maximum atomic E-state index is 12.4. The lowest BCUT2D eigenvalue weighted by Gasteiger charge is -2.54. The molecule has 1 unspecified atom stereocenters. The summed E-state index contributed by atoms with van der Waals surface area (Å²) in [6.45, 7) is 9.68. The molecular formula is C20H32N2OS. The minimum Gasteiger partial charge on any atom is -0.303 e. The van der Waals surface area contributed by atoms with Gasteiger partial charge >= 0.3 is 0 Å². The SMILES string of the molecule is CC(C)(C)S(=O)N[C@H]1CCC12CCN(CCc1ccccc1)CC2. The first-order valence-corrected chi connectivity index (χ1v) is 10.5. The highest BCUT2D eigenvalue weighted by atomic mass is 32.2. The minimum atomic E-state index is -0.944. The molecule has 0 aromatic heterocycles. The topological polar surface area (TPSA) is 32.3 Å². The van der Waals surface area contributed by atoms with Crippen LogP contribution in [-0.4, -0.2) is 39.5 Å². The number of hydrogen-bond donors (Lipinski definition) is 1. The van der Waals surface area contributed by atoms with Crippen molar-refractivity contribution >= 4 is 11.0 Å². The van der Waals surface area contributed by atoms with Crippen LogP contribution in [0.4, 0.5) is 0 Å². The summed E-state index contributed by atoms with van der Waals surface area (Å²) in [5, 5.41) is 0. The summed E-state index contributed by atoms with van der Waals surface area (Å²) in [6.07, 6.45) is 6.13. The Morgan fingerprint density at radius 2 is 1.83 bits per heavy atom. The van der Waals surface area contributed by atoms with E-state index in [9.17, 15) is 4.21 Å². The summed E-state index contributed by atoms with van der Waals surface area (Å²) in [6, 6.07) is 11.2. The van der Waals surface area contributed by atoms with E-state index in [1.807, 2.05) is 20.8 Å². The highest BCUT2D eigenvalue weighted by molar-refractivity contribution is 7.84. The number of hydrogen-bond acceptors (Lipinski definition) is 2. The third-order valence-electron chi connectivity index (χ3n) is 5.89. The molecule has 0 amide bonds. The van der Waals surface area contributed by atoms with E-state index in [4.69, 9.17) is 0 Å². The molecule has 1 saturated carbocycles. The molecule has 1 aromatic carbocycles. The second-order valence-corrected chi connectivity index (χ2v) is 10.5.